The van der Waals surface area contributed by atoms with Gasteiger partial charge in [-0.15, -0.1) is 0 Å². The van der Waals surface area contributed by atoms with Gasteiger partial charge >= 0.3 is 0 Å². The fourth-order valence-corrected chi connectivity index (χ4v) is 2.43. The van der Waals surface area contributed by atoms with E-state index in [0.29, 0.717) is 16.4 Å². The van der Waals surface area contributed by atoms with Crippen LogP contribution in [0.25, 0.3) is 5.69 Å². The monoisotopic (exact) mass is 339 g/mol. The molecular weight excluding hydrogens is 326 g/mol. The molecule has 0 saturated carbocycles. The van der Waals surface area contributed by atoms with Crippen LogP contribution in [-0.4, -0.2) is 26.9 Å². The van der Waals surface area contributed by atoms with Gasteiger partial charge in [0.1, 0.15) is 10.8 Å². The summed E-state index contributed by atoms with van der Waals surface area (Å²) in [5.41, 5.74) is 4.91. The molecule has 0 aliphatic carbocycles. The Bertz CT molecular complexity index is 875. The first kappa shape index (κ1) is 15.9. The van der Waals surface area contributed by atoms with Crippen molar-refractivity contribution in [1.29, 1.82) is 0 Å². The average molecular weight is 340 g/mol. The lowest BCUT2D eigenvalue weighted by Gasteiger charge is -2.02. The van der Waals surface area contributed by atoms with E-state index in [0.717, 1.165) is 5.69 Å². The number of halogens is 1. The predicted octanol–water partition coefficient (Wildman–Crippen LogP) is 2.99. The molecule has 0 unspecified atom stereocenters. The second-order valence-corrected chi connectivity index (χ2v) is 5.31. The Morgan fingerprint density at radius 3 is 2.67 bits per heavy atom. The molecule has 6 nitrogen and oxygen atoms in total. The van der Waals surface area contributed by atoms with E-state index >= 15 is 0 Å². The molecule has 2 aromatic heterocycles. The summed E-state index contributed by atoms with van der Waals surface area (Å²) < 4.78 is 1.62. The van der Waals surface area contributed by atoms with Gasteiger partial charge in [-0.2, -0.15) is 10.2 Å². The topological polar surface area (TPSA) is 72.2 Å². The highest BCUT2D eigenvalue weighted by Crippen LogP contribution is 2.21. The van der Waals surface area contributed by atoms with E-state index in [1.165, 1.54) is 6.21 Å². The number of hydrazone groups is 1. The molecule has 120 valence electrons. The van der Waals surface area contributed by atoms with Gasteiger partial charge in [0, 0.05) is 6.20 Å². The van der Waals surface area contributed by atoms with Gasteiger partial charge in [-0.3, -0.25) is 9.78 Å². The van der Waals surface area contributed by atoms with Crippen molar-refractivity contribution in [1.82, 2.24) is 20.2 Å². The number of benzene rings is 1. The van der Waals surface area contributed by atoms with Crippen molar-refractivity contribution < 1.29 is 4.79 Å². The normalized spacial score (nSPS) is 10.9. The number of carbonyl (C=O) groups excluding carboxylic acids is 1. The lowest BCUT2D eigenvalue weighted by atomic mass is 10.3. The lowest BCUT2D eigenvalue weighted by Crippen LogP contribution is -2.18. The van der Waals surface area contributed by atoms with Gasteiger partial charge in [0.2, 0.25) is 0 Å². The van der Waals surface area contributed by atoms with Crippen molar-refractivity contribution in [3.05, 3.63) is 76.8 Å². The van der Waals surface area contributed by atoms with Gasteiger partial charge in [0.25, 0.3) is 5.91 Å². The summed E-state index contributed by atoms with van der Waals surface area (Å²) in [5.74, 6) is -0.393. The number of amides is 1. The molecule has 1 N–H and O–H groups in total. The van der Waals surface area contributed by atoms with Crippen LogP contribution >= 0.6 is 11.6 Å². The van der Waals surface area contributed by atoms with Gasteiger partial charge in [0.15, 0.2) is 0 Å². The van der Waals surface area contributed by atoms with Crippen LogP contribution in [0.15, 0.2) is 59.8 Å². The summed E-state index contributed by atoms with van der Waals surface area (Å²) in [5, 5.41) is 8.77. The van der Waals surface area contributed by atoms with Gasteiger partial charge in [-0.1, -0.05) is 35.9 Å². The Morgan fingerprint density at radius 1 is 1.21 bits per heavy atom. The van der Waals surface area contributed by atoms with Gasteiger partial charge in [0.05, 0.1) is 23.2 Å². The number of pyridine rings is 1. The van der Waals surface area contributed by atoms with Crippen LogP contribution in [0.4, 0.5) is 0 Å². The summed E-state index contributed by atoms with van der Waals surface area (Å²) in [6.45, 7) is 1.83. The first-order chi connectivity index (χ1) is 11.7. The van der Waals surface area contributed by atoms with Crippen molar-refractivity contribution in [2.75, 3.05) is 0 Å². The highest BCUT2D eigenvalue weighted by Gasteiger charge is 2.13. The molecule has 0 aliphatic rings. The molecule has 0 saturated heterocycles. The number of carbonyl (C=O) groups is 1. The third-order valence-corrected chi connectivity index (χ3v) is 3.67. The van der Waals surface area contributed by atoms with Crippen LogP contribution in [0.1, 0.15) is 21.7 Å². The number of rotatable bonds is 4. The van der Waals surface area contributed by atoms with Crippen molar-refractivity contribution in [3.63, 3.8) is 0 Å². The minimum Gasteiger partial charge on any atom is -0.266 e. The molecule has 3 aromatic rings. The fourth-order valence-electron chi connectivity index (χ4n) is 2.11. The van der Waals surface area contributed by atoms with Crippen molar-refractivity contribution in [2.45, 2.75) is 6.92 Å². The van der Waals surface area contributed by atoms with Crippen LogP contribution in [0.3, 0.4) is 0 Å². The zero-order chi connectivity index (χ0) is 16.9. The standard InChI is InChI=1S/C17H14ClN5O/c1-12-14(11-20-21-17(24)15-9-5-6-10-19-15)16(18)23(22-12)13-7-3-2-4-8-13/h2-11H,1H3,(H,21,24). The summed E-state index contributed by atoms with van der Waals surface area (Å²) in [7, 11) is 0. The molecule has 24 heavy (non-hydrogen) atoms. The first-order valence-corrected chi connectivity index (χ1v) is 7.59. The first-order valence-electron chi connectivity index (χ1n) is 7.22. The molecule has 0 atom stereocenters. The highest BCUT2D eigenvalue weighted by atomic mass is 35.5. The SMILES string of the molecule is Cc1nn(-c2ccccc2)c(Cl)c1C=NNC(=O)c1ccccn1. The third-order valence-electron chi connectivity index (χ3n) is 3.31. The molecule has 0 bridgehead atoms. The molecule has 0 spiro atoms. The van der Waals surface area contributed by atoms with Crippen molar-refractivity contribution in [2.24, 2.45) is 5.10 Å². The van der Waals surface area contributed by atoms with Crippen LogP contribution in [0, 0.1) is 6.92 Å². The summed E-state index contributed by atoms with van der Waals surface area (Å²) >= 11 is 6.38. The van der Waals surface area contributed by atoms with Crippen LogP contribution in [0.2, 0.25) is 5.15 Å². The molecule has 7 heteroatoms. The zero-order valence-electron chi connectivity index (χ0n) is 12.8. The molecule has 0 aliphatic heterocycles. The fraction of sp³-hybridized carbons (Fsp3) is 0.0588. The molecular formula is C17H14ClN5O. The maximum atomic E-state index is 11.9. The summed E-state index contributed by atoms with van der Waals surface area (Å²) in [6.07, 6.45) is 3.02. The Hall–Kier alpha value is -2.99. The molecule has 0 fully saturated rings. The van der Waals surface area contributed by atoms with E-state index in [9.17, 15) is 4.79 Å². The smallest absolute Gasteiger partial charge is 0.266 e. The molecule has 1 aromatic carbocycles. The third kappa shape index (κ3) is 3.33. The van der Waals surface area contributed by atoms with E-state index in [1.54, 1.807) is 29.1 Å². The largest absolute Gasteiger partial charge is 0.289 e. The van der Waals surface area contributed by atoms with Gasteiger partial charge < -0.3 is 0 Å². The number of hydrogen-bond donors (Lipinski definition) is 1. The van der Waals surface area contributed by atoms with E-state index in [-0.39, 0.29) is 5.69 Å². The Balaban J connectivity index is 1.78. The van der Waals surface area contributed by atoms with Crippen LogP contribution < -0.4 is 5.43 Å². The van der Waals surface area contributed by atoms with Gasteiger partial charge in [-0.05, 0) is 31.2 Å². The van der Waals surface area contributed by atoms with Gasteiger partial charge in [-0.25, -0.2) is 10.1 Å². The number of nitrogens with zero attached hydrogens (tertiary/aromatic N) is 4. The second kappa shape index (κ2) is 7.06. The average Bonchev–Trinajstić information content (AvgIpc) is 2.91. The number of hydrogen-bond acceptors (Lipinski definition) is 4. The van der Waals surface area contributed by atoms with Crippen LogP contribution in [0.5, 0.6) is 0 Å². The minimum absolute atomic E-state index is 0.289. The van der Waals surface area contributed by atoms with E-state index in [1.807, 2.05) is 37.3 Å². The maximum absolute atomic E-state index is 11.9. The quantitative estimate of drug-likeness (QED) is 0.586. The van der Waals surface area contributed by atoms with E-state index < -0.39 is 5.91 Å². The molecule has 2 heterocycles. The number of aromatic nitrogens is 3. The summed E-state index contributed by atoms with van der Waals surface area (Å²) in [4.78, 5) is 15.8. The maximum Gasteiger partial charge on any atom is 0.289 e. The Labute approximate surface area is 143 Å². The van der Waals surface area contributed by atoms with Crippen molar-refractivity contribution in [3.8, 4) is 5.69 Å². The molecule has 3 rings (SSSR count). The molecule has 1 amide bonds. The summed E-state index contributed by atoms with van der Waals surface area (Å²) in [6, 6.07) is 14.6. The minimum atomic E-state index is -0.393. The predicted molar refractivity (Wildman–Crippen MR) is 92.6 cm³/mol. The zero-order valence-corrected chi connectivity index (χ0v) is 13.6. The lowest BCUT2D eigenvalue weighted by molar-refractivity contribution is 0.0950. The Morgan fingerprint density at radius 2 is 1.96 bits per heavy atom. The van der Waals surface area contributed by atoms with Crippen molar-refractivity contribution >= 4 is 23.7 Å². The van der Waals surface area contributed by atoms with E-state index in [4.69, 9.17) is 11.6 Å². The molecule has 0 radical (unpaired) electrons. The Kier molecular flexibility index (Phi) is 4.67. The number of nitrogens with one attached hydrogen (secondary N) is 1. The van der Waals surface area contributed by atoms with Crippen LogP contribution in [-0.2, 0) is 0 Å². The highest BCUT2D eigenvalue weighted by molar-refractivity contribution is 6.32. The number of aryl methyl sites for hydroxylation is 1. The second-order valence-electron chi connectivity index (χ2n) is 4.95. The number of para-hydroxylation sites is 1. The van der Waals surface area contributed by atoms with E-state index in [2.05, 4.69) is 20.6 Å².